The summed E-state index contributed by atoms with van der Waals surface area (Å²) in [6.07, 6.45) is 1.86. The van der Waals surface area contributed by atoms with Gasteiger partial charge in [0, 0.05) is 17.4 Å². The highest BCUT2D eigenvalue weighted by molar-refractivity contribution is 7.13. The number of tetrazole rings is 1. The molecule has 8 heteroatoms. The van der Waals surface area contributed by atoms with Crippen molar-refractivity contribution in [2.24, 2.45) is 0 Å². The molecule has 7 nitrogen and oxygen atoms in total. The van der Waals surface area contributed by atoms with E-state index in [2.05, 4.69) is 32.6 Å². The number of carbonyl (C=O) groups excluding carboxylic acids is 1. The lowest BCUT2D eigenvalue weighted by molar-refractivity contribution is -0.149. The third-order valence-corrected chi connectivity index (χ3v) is 5.38. The number of esters is 1. The molecule has 0 spiro atoms. The van der Waals surface area contributed by atoms with E-state index in [4.69, 9.17) is 4.74 Å². The van der Waals surface area contributed by atoms with Crippen molar-refractivity contribution in [1.29, 1.82) is 0 Å². The van der Waals surface area contributed by atoms with Crippen molar-refractivity contribution in [3.8, 4) is 10.6 Å². The second-order valence-corrected chi connectivity index (χ2v) is 7.47. The van der Waals surface area contributed by atoms with E-state index in [0.717, 1.165) is 16.1 Å². The van der Waals surface area contributed by atoms with Gasteiger partial charge in [0.25, 0.3) is 0 Å². The third-order valence-electron chi connectivity index (χ3n) is 4.44. The fourth-order valence-corrected chi connectivity index (χ4v) is 3.69. The molecule has 0 fully saturated rings. The van der Waals surface area contributed by atoms with Gasteiger partial charge >= 0.3 is 5.97 Å². The van der Waals surface area contributed by atoms with Gasteiger partial charge in [-0.25, -0.2) is 14.5 Å². The van der Waals surface area contributed by atoms with Gasteiger partial charge < -0.3 is 4.74 Å². The first kappa shape index (κ1) is 18.9. The largest absolute Gasteiger partial charge is 0.458 e. The fourth-order valence-electron chi connectivity index (χ4n) is 2.88. The standard InChI is InChI=1S/C21H19N5O2S/c1-15-7-9-17(10-8-15)20-23-18(13-29-20)12-28-21(27)19(26-14-22-24-25-26)11-16-5-3-2-4-6-16/h2-10,13-14,19H,11-12H2,1H3/t19-/m0/s1. The lowest BCUT2D eigenvalue weighted by Crippen LogP contribution is -2.24. The number of aromatic nitrogens is 5. The van der Waals surface area contributed by atoms with Gasteiger partial charge in [-0.05, 0) is 22.9 Å². The number of hydrogen-bond donors (Lipinski definition) is 0. The van der Waals surface area contributed by atoms with E-state index in [1.54, 1.807) is 0 Å². The average molecular weight is 405 g/mol. The molecule has 0 aliphatic heterocycles. The summed E-state index contributed by atoms with van der Waals surface area (Å²) < 4.78 is 6.97. The predicted octanol–water partition coefficient (Wildman–Crippen LogP) is 3.63. The van der Waals surface area contributed by atoms with Crippen molar-refractivity contribution in [1.82, 2.24) is 25.2 Å². The number of carbonyl (C=O) groups is 1. The summed E-state index contributed by atoms with van der Waals surface area (Å²) in [6, 6.07) is 17.3. The molecule has 4 rings (SSSR count). The van der Waals surface area contributed by atoms with E-state index >= 15 is 0 Å². The monoisotopic (exact) mass is 405 g/mol. The molecule has 146 valence electrons. The molecule has 2 heterocycles. The maximum absolute atomic E-state index is 12.8. The zero-order valence-corrected chi connectivity index (χ0v) is 16.6. The molecule has 0 N–H and O–H groups in total. The molecule has 0 unspecified atom stereocenters. The van der Waals surface area contributed by atoms with Crippen LogP contribution in [0.25, 0.3) is 10.6 Å². The summed E-state index contributed by atoms with van der Waals surface area (Å²) in [7, 11) is 0. The summed E-state index contributed by atoms with van der Waals surface area (Å²) >= 11 is 1.53. The van der Waals surface area contributed by atoms with Crippen LogP contribution < -0.4 is 0 Å². The van der Waals surface area contributed by atoms with E-state index < -0.39 is 12.0 Å². The Hall–Kier alpha value is -3.39. The highest BCUT2D eigenvalue weighted by atomic mass is 32.1. The van der Waals surface area contributed by atoms with Crippen LogP contribution in [0.5, 0.6) is 0 Å². The topological polar surface area (TPSA) is 82.8 Å². The maximum atomic E-state index is 12.8. The summed E-state index contributed by atoms with van der Waals surface area (Å²) in [4.78, 5) is 17.4. The van der Waals surface area contributed by atoms with Crippen LogP contribution in [0.1, 0.15) is 22.9 Å². The first-order valence-electron chi connectivity index (χ1n) is 9.13. The minimum absolute atomic E-state index is 0.106. The molecule has 0 saturated heterocycles. The molecule has 0 amide bonds. The number of benzene rings is 2. The molecule has 0 aliphatic carbocycles. The van der Waals surface area contributed by atoms with E-state index in [1.807, 2.05) is 54.8 Å². The number of nitrogens with zero attached hydrogens (tertiary/aromatic N) is 5. The van der Waals surface area contributed by atoms with Crippen LogP contribution in [-0.4, -0.2) is 31.2 Å². The molecule has 29 heavy (non-hydrogen) atoms. The highest BCUT2D eigenvalue weighted by Crippen LogP contribution is 2.24. The molecular weight excluding hydrogens is 386 g/mol. The Morgan fingerprint density at radius 2 is 1.93 bits per heavy atom. The van der Waals surface area contributed by atoms with Crippen molar-refractivity contribution in [2.45, 2.75) is 26.0 Å². The lowest BCUT2D eigenvalue weighted by Gasteiger charge is -2.15. The molecule has 2 aromatic carbocycles. The van der Waals surface area contributed by atoms with Crippen molar-refractivity contribution in [3.05, 3.63) is 83.1 Å². The molecule has 1 atom stereocenters. The van der Waals surface area contributed by atoms with Crippen LogP contribution in [0.4, 0.5) is 0 Å². The summed E-state index contributed by atoms with van der Waals surface area (Å²) in [5, 5.41) is 14.0. The maximum Gasteiger partial charge on any atom is 0.331 e. The van der Waals surface area contributed by atoms with Crippen LogP contribution in [0, 0.1) is 6.92 Å². The van der Waals surface area contributed by atoms with Gasteiger partial charge in [0.1, 0.15) is 17.9 Å². The SMILES string of the molecule is Cc1ccc(-c2nc(COC(=O)[C@H](Cc3ccccc3)n3cnnn3)cs2)cc1. The Morgan fingerprint density at radius 3 is 2.66 bits per heavy atom. The van der Waals surface area contributed by atoms with Crippen molar-refractivity contribution in [2.75, 3.05) is 0 Å². The van der Waals surface area contributed by atoms with Gasteiger partial charge in [0.2, 0.25) is 0 Å². The Morgan fingerprint density at radius 1 is 1.14 bits per heavy atom. The summed E-state index contributed by atoms with van der Waals surface area (Å²) in [6.45, 7) is 2.15. The second kappa shape index (κ2) is 8.74. The van der Waals surface area contributed by atoms with Crippen LogP contribution in [0.3, 0.4) is 0 Å². The summed E-state index contributed by atoms with van der Waals surface area (Å²) in [5.41, 5.74) is 3.97. The number of thiazole rings is 1. The van der Waals surface area contributed by atoms with Crippen LogP contribution in [-0.2, 0) is 22.6 Å². The zero-order chi connectivity index (χ0) is 20.1. The van der Waals surface area contributed by atoms with E-state index in [9.17, 15) is 4.79 Å². The number of ether oxygens (including phenoxy) is 1. The van der Waals surface area contributed by atoms with Crippen LogP contribution in [0.2, 0.25) is 0 Å². The van der Waals surface area contributed by atoms with Crippen molar-refractivity contribution < 1.29 is 9.53 Å². The summed E-state index contributed by atoms with van der Waals surface area (Å²) in [5.74, 6) is -0.397. The minimum Gasteiger partial charge on any atom is -0.458 e. The molecule has 0 aliphatic rings. The normalized spacial score (nSPS) is 11.9. The molecule has 2 aromatic heterocycles. The van der Waals surface area contributed by atoms with E-state index in [1.165, 1.54) is 27.9 Å². The van der Waals surface area contributed by atoms with Crippen molar-refractivity contribution in [3.63, 3.8) is 0 Å². The minimum atomic E-state index is -0.636. The Labute approximate surface area is 172 Å². The molecule has 0 radical (unpaired) electrons. The number of rotatable bonds is 7. The smallest absolute Gasteiger partial charge is 0.331 e. The van der Waals surface area contributed by atoms with E-state index in [0.29, 0.717) is 12.1 Å². The van der Waals surface area contributed by atoms with Crippen LogP contribution in [0.15, 0.2) is 66.3 Å². The highest BCUT2D eigenvalue weighted by Gasteiger charge is 2.24. The third kappa shape index (κ3) is 4.72. The fraction of sp³-hybridized carbons (Fsp3) is 0.190. The Bertz CT molecular complexity index is 1060. The van der Waals surface area contributed by atoms with Crippen molar-refractivity contribution >= 4 is 17.3 Å². The Balaban J connectivity index is 1.43. The van der Waals surface area contributed by atoms with Gasteiger partial charge in [-0.15, -0.1) is 16.4 Å². The molecular formula is C21H19N5O2S. The molecule has 4 aromatic rings. The zero-order valence-electron chi connectivity index (χ0n) is 15.8. The van der Waals surface area contributed by atoms with Gasteiger partial charge in [-0.1, -0.05) is 60.2 Å². The van der Waals surface area contributed by atoms with Gasteiger partial charge in [-0.3, -0.25) is 0 Å². The second-order valence-electron chi connectivity index (χ2n) is 6.61. The van der Waals surface area contributed by atoms with Crippen LogP contribution >= 0.6 is 11.3 Å². The lowest BCUT2D eigenvalue weighted by atomic mass is 10.1. The first-order chi connectivity index (χ1) is 14.2. The first-order valence-corrected chi connectivity index (χ1v) is 10.0. The molecule has 0 saturated carbocycles. The number of aryl methyl sites for hydroxylation is 1. The quantitative estimate of drug-likeness (QED) is 0.437. The molecule has 0 bridgehead atoms. The average Bonchev–Trinajstić information content (AvgIpc) is 3.44. The van der Waals surface area contributed by atoms with E-state index in [-0.39, 0.29) is 6.61 Å². The predicted molar refractivity (Wildman–Crippen MR) is 109 cm³/mol. The number of hydrogen-bond acceptors (Lipinski definition) is 7. The van der Waals surface area contributed by atoms with Gasteiger partial charge in [0.05, 0.1) is 5.69 Å². The van der Waals surface area contributed by atoms with Gasteiger partial charge in [0.15, 0.2) is 6.04 Å². The Kier molecular flexibility index (Phi) is 5.71. The van der Waals surface area contributed by atoms with Gasteiger partial charge in [-0.2, -0.15) is 0 Å².